The van der Waals surface area contributed by atoms with Crippen LogP contribution < -0.4 is 16.1 Å². The molecule has 160 valence electrons. The van der Waals surface area contributed by atoms with Crippen molar-refractivity contribution in [1.29, 1.82) is 0 Å². The molecule has 9 nitrogen and oxygen atoms in total. The molecule has 3 aromatic carbocycles. The lowest BCUT2D eigenvalue weighted by Gasteiger charge is -2.10. The zero-order valence-corrected chi connectivity index (χ0v) is 17.0. The Labute approximate surface area is 184 Å². The Hall–Kier alpha value is -4.66. The van der Waals surface area contributed by atoms with Crippen LogP contribution in [0.1, 0.15) is 11.1 Å². The highest BCUT2D eigenvalue weighted by Crippen LogP contribution is 2.24. The molecule has 0 atom stereocenters. The van der Waals surface area contributed by atoms with Gasteiger partial charge in [-0.3, -0.25) is 0 Å². The second-order valence-electron chi connectivity index (χ2n) is 6.75. The summed E-state index contributed by atoms with van der Waals surface area (Å²) in [4.78, 5) is 13.2. The lowest BCUT2D eigenvalue weighted by molar-refractivity contribution is 0.403. The molecule has 0 radical (unpaired) electrons. The second kappa shape index (κ2) is 9.90. The average molecular weight is 427 g/mol. The molecule has 0 bridgehead atoms. The number of aromatic nitrogens is 3. The molecule has 4 aromatic rings. The first-order valence-corrected chi connectivity index (χ1v) is 9.83. The first-order valence-electron chi connectivity index (χ1n) is 9.83. The van der Waals surface area contributed by atoms with E-state index < -0.39 is 0 Å². The van der Waals surface area contributed by atoms with E-state index in [1.807, 2.05) is 60.7 Å². The van der Waals surface area contributed by atoms with Gasteiger partial charge in [-0.1, -0.05) is 48.5 Å². The first kappa shape index (κ1) is 20.6. The number of nitrogens with one attached hydrogen (secondary N) is 3. The van der Waals surface area contributed by atoms with Crippen LogP contribution in [-0.2, 0) is 6.54 Å². The van der Waals surface area contributed by atoms with E-state index in [0.29, 0.717) is 24.0 Å². The van der Waals surface area contributed by atoms with Gasteiger partial charge in [0.1, 0.15) is 0 Å². The van der Waals surface area contributed by atoms with Crippen molar-refractivity contribution in [2.24, 2.45) is 5.10 Å². The zero-order valence-electron chi connectivity index (χ0n) is 17.0. The summed E-state index contributed by atoms with van der Waals surface area (Å²) in [6.45, 7) is 0.547. The summed E-state index contributed by atoms with van der Waals surface area (Å²) >= 11 is 0. The standard InChI is InChI=1S/C23H21N7O2/c31-19-12-11-17(13-20(19)32)15-25-30-23-28-21(24-14-16-7-3-1-4-8-16)27-22(29-23)26-18-9-5-2-6-10-18/h1-13,15,31-32H,14H2,(H3,24,26,27,28,29,30)/b25-15+. The van der Waals surface area contributed by atoms with E-state index in [1.54, 1.807) is 6.07 Å². The Balaban J connectivity index is 1.52. The first-order chi connectivity index (χ1) is 15.7. The van der Waals surface area contributed by atoms with Crippen molar-refractivity contribution in [3.63, 3.8) is 0 Å². The molecule has 32 heavy (non-hydrogen) atoms. The van der Waals surface area contributed by atoms with Gasteiger partial charge in [0.15, 0.2) is 11.5 Å². The second-order valence-corrected chi connectivity index (χ2v) is 6.75. The van der Waals surface area contributed by atoms with Gasteiger partial charge in [0.2, 0.25) is 17.8 Å². The summed E-state index contributed by atoms with van der Waals surface area (Å²) < 4.78 is 0. The molecule has 0 aliphatic heterocycles. The van der Waals surface area contributed by atoms with Gasteiger partial charge in [-0.2, -0.15) is 20.1 Å². The lowest BCUT2D eigenvalue weighted by atomic mass is 10.2. The molecule has 9 heteroatoms. The van der Waals surface area contributed by atoms with Crippen molar-refractivity contribution in [2.45, 2.75) is 6.54 Å². The predicted octanol–water partition coefficient (Wildman–Crippen LogP) is 4.08. The molecule has 0 saturated carbocycles. The monoisotopic (exact) mass is 427 g/mol. The van der Waals surface area contributed by atoms with Crippen LogP contribution in [0.3, 0.4) is 0 Å². The number of rotatable bonds is 8. The average Bonchev–Trinajstić information content (AvgIpc) is 2.81. The third-order valence-electron chi connectivity index (χ3n) is 4.34. The van der Waals surface area contributed by atoms with E-state index in [2.05, 4.69) is 36.1 Å². The van der Waals surface area contributed by atoms with E-state index in [4.69, 9.17) is 0 Å². The number of phenolic OH excluding ortho intramolecular Hbond substituents is 2. The molecule has 0 saturated heterocycles. The molecule has 5 N–H and O–H groups in total. The van der Waals surface area contributed by atoms with Crippen molar-refractivity contribution < 1.29 is 10.2 Å². The quantitative estimate of drug-likeness (QED) is 0.162. The highest BCUT2D eigenvalue weighted by atomic mass is 16.3. The lowest BCUT2D eigenvalue weighted by Crippen LogP contribution is -2.09. The molecule has 4 rings (SSSR count). The number of phenols is 2. The summed E-state index contributed by atoms with van der Waals surface area (Å²) in [5.74, 6) is 0.534. The van der Waals surface area contributed by atoms with Crippen LogP contribution in [0, 0.1) is 0 Å². The molecule has 0 unspecified atom stereocenters. The Kier molecular flexibility index (Phi) is 6.37. The third-order valence-corrected chi connectivity index (χ3v) is 4.34. The van der Waals surface area contributed by atoms with Crippen molar-refractivity contribution in [3.05, 3.63) is 90.0 Å². The van der Waals surface area contributed by atoms with Crippen LogP contribution in [0.15, 0.2) is 84.0 Å². The van der Waals surface area contributed by atoms with E-state index >= 15 is 0 Å². The van der Waals surface area contributed by atoms with Crippen LogP contribution in [0.2, 0.25) is 0 Å². The summed E-state index contributed by atoms with van der Waals surface area (Å²) in [6, 6.07) is 23.9. The van der Waals surface area contributed by atoms with Crippen LogP contribution in [0.25, 0.3) is 0 Å². The molecular weight excluding hydrogens is 406 g/mol. The molecule has 1 aromatic heterocycles. The number of nitrogens with zero attached hydrogens (tertiary/aromatic N) is 4. The highest BCUT2D eigenvalue weighted by molar-refractivity contribution is 5.81. The van der Waals surface area contributed by atoms with Crippen molar-refractivity contribution in [1.82, 2.24) is 15.0 Å². The Morgan fingerprint density at radius 1 is 0.750 bits per heavy atom. The Bertz CT molecular complexity index is 1200. The number of anilines is 4. The van der Waals surface area contributed by atoms with Gasteiger partial charge >= 0.3 is 0 Å². The zero-order chi connectivity index (χ0) is 22.2. The summed E-state index contributed by atoms with van der Waals surface area (Å²) in [6.07, 6.45) is 1.48. The molecule has 0 aliphatic carbocycles. The Morgan fingerprint density at radius 3 is 2.19 bits per heavy atom. The minimum atomic E-state index is -0.226. The number of aromatic hydroxyl groups is 2. The van der Waals surface area contributed by atoms with Gasteiger partial charge in [-0.25, -0.2) is 5.43 Å². The van der Waals surface area contributed by atoms with E-state index in [9.17, 15) is 10.2 Å². The van der Waals surface area contributed by atoms with Crippen LogP contribution in [0.5, 0.6) is 11.5 Å². The highest BCUT2D eigenvalue weighted by Gasteiger charge is 2.07. The molecule has 0 spiro atoms. The van der Waals surface area contributed by atoms with Crippen molar-refractivity contribution in [2.75, 3.05) is 16.1 Å². The number of hydrogen-bond acceptors (Lipinski definition) is 9. The van der Waals surface area contributed by atoms with Gasteiger partial charge in [0.25, 0.3) is 0 Å². The maximum absolute atomic E-state index is 9.60. The number of benzene rings is 3. The van der Waals surface area contributed by atoms with Crippen LogP contribution >= 0.6 is 0 Å². The van der Waals surface area contributed by atoms with Gasteiger partial charge in [0.05, 0.1) is 6.21 Å². The summed E-state index contributed by atoms with van der Waals surface area (Å²) in [7, 11) is 0. The predicted molar refractivity (Wildman–Crippen MR) is 124 cm³/mol. The molecule has 0 fully saturated rings. The fourth-order valence-corrected chi connectivity index (χ4v) is 2.77. The van der Waals surface area contributed by atoms with Crippen molar-refractivity contribution >= 4 is 29.7 Å². The van der Waals surface area contributed by atoms with E-state index in [1.165, 1.54) is 18.3 Å². The van der Waals surface area contributed by atoms with Gasteiger partial charge < -0.3 is 20.8 Å². The molecule has 1 heterocycles. The molecule has 0 amide bonds. The number of para-hydroxylation sites is 1. The molecular formula is C23H21N7O2. The normalized spacial score (nSPS) is 10.8. The molecule has 0 aliphatic rings. The van der Waals surface area contributed by atoms with Crippen LogP contribution in [-0.4, -0.2) is 31.4 Å². The fourth-order valence-electron chi connectivity index (χ4n) is 2.77. The topological polar surface area (TPSA) is 128 Å². The maximum atomic E-state index is 9.60. The van der Waals surface area contributed by atoms with E-state index in [0.717, 1.165) is 11.3 Å². The maximum Gasteiger partial charge on any atom is 0.250 e. The van der Waals surface area contributed by atoms with Gasteiger partial charge in [0, 0.05) is 12.2 Å². The van der Waals surface area contributed by atoms with Gasteiger partial charge in [-0.15, -0.1) is 0 Å². The summed E-state index contributed by atoms with van der Waals surface area (Å²) in [5.41, 5.74) is 5.29. The largest absolute Gasteiger partial charge is 0.504 e. The smallest absolute Gasteiger partial charge is 0.250 e. The number of hydrogen-bond donors (Lipinski definition) is 5. The van der Waals surface area contributed by atoms with Gasteiger partial charge in [-0.05, 0) is 41.5 Å². The fraction of sp³-hybridized carbons (Fsp3) is 0.0435. The minimum Gasteiger partial charge on any atom is -0.504 e. The summed E-state index contributed by atoms with van der Waals surface area (Å²) in [5, 5.41) is 29.5. The minimum absolute atomic E-state index is 0.196. The van der Waals surface area contributed by atoms with Crippen LogP contribution in [0.4, 0.5) is 23.5 Å². The Morgan fingerprint density at radius 2 is 1.44 bits per heavy atom. The van der Waals surface area contributed by atoms with Crippen molar-refractivity contribution in [3.8, 4) is 11.5 Å². The van der Waals surface area contributed by atoms with E-state index in [-0.39, 0.29) is 17.4 Å². The SMILES string of the molecule is Oc1ccc(/C=N/Nc2nc(NCc3ccccc3)nc(Nc3ccccc3)n2)cc1O. The number of hydrazone groups is 1. The third kappa shape index (κ3) is 5.70.